The van der Waals surface area contributed by atoms with Crippen LogP contribution in [-0.4, -0.2) is 21.5 Å². The Bertz CT molecular complexity index is 1330. The number of nitriles is 1. The molecule has 3 aromatic rings. The Labute approximate surface area is 171 Å². The fourth-order valence-corrected chi connectivity index (χ4v) is 3.45. The van der Waals surface area contributed by atoms with E-state index in [0.29, 0.717) is 30.6 Å². The molecule has 150 valence electrons. The molecule has 2 aromatic heterocycles. The normalized spacial score (nSPS) is 13.4. The predicted octanol–water partition coefficient (Wildman–Crippen LogP) is 3.58. The van der Waals surface area contributed by atoms with Crippen LogP contribution in [0.4, 0.5) is 20.3 Å². The van der Waals surface area contributed by atoms with Gasteiger partial charge >= 0.3 is 5.69 Å². The van der Waals surface area contributed by atoms with Crippen molar-refractivity contribution >= 4 is 22.4 Å². The Balaban J connectivity index is 1.92. The average molecular weight is 405 g/mol. The van der Waals surface area contributed by atoms with Crippen LogP contribution >= 0.6 is 0 Å². The number of halogens is 2. The van der Waals surface area contributed by atoms with E-state index in [0.717, 1.165) is 11.6 Å². The van der Waals surface area contributed by atoms with Gasteiger partial charge in [0.15, 0.2) is 17.5 Å². The van der Waals surface area contributed by atoms with Crippen molar-refractivity contribution in [3.05, 3.63) is 57.8 Å². The molecule has 30 heavy (non-hydrogen) atoms. The van der Waals surface area contributed by atoms with Crippen molar-refractivity contribution in [2.45, 2.75) is 26.7 Å². The van der Waals surface area contributed by atoms with Gasteiger partial charge in [-0.05, 0) is 44.4 Å². The van der Waals surface area contributed by atoms with Gasteiger partial charge in [-0.1, -0.05) is 11.8 Å². The van der Waals surface area contributed by atoms with Crippen molar-refractivity contribution in [1.82, 2.24) is 15.0 Å². The number of H-pyrrole nitrogens is 1. The molecule has 0 aliphatic carbocycles. The first-order valence-corrected chi connectivity index (χ1v) is 9.37. The number of hydrogen-bond donors (Lipinski definition) is 1. The van der Waals surface area contributed by atoms with E-state index in [2.05, 4.69) is 32.9 Å². The fraction of sp³-hybridized carbons (Fsp3) is 0.273. The van der Waals surface area contributed by atoms with Crippen molar-refractivity contribution in [2.75, 3.05) is 11.4 Å². The highest BCUT2D eigenvalue weighted by Crippen LogP contribution is 2.37. The fourth-order valence-electron chi connectivity index (χ4n) is 3.45. The van der Waals surface area contributed by atoms with Gasteiger partial charge in [-0.3, -0.25) is 4.98 Å². The molecule has 0 saturated heterocycles. The van der Waals surface area contributed by atoms with Crippen molar-refractivity contribution in [1.29, 1.82) is 5.26 Å². The zero-order valence-electron chi connectivity index (χ0n) is 16.4. The minimum absolute atomic E-state index is 0.0379. The van der Waals surface area contributed by atoms with Crippen molar-refractivity contribution in [2.24, 2.45) is 5.41 Å². The molecule has 0 unspecified atom stereocenters. The SMILES string of the molecule is CC(C)(C#N)C#Cc1cncc2c1CCCN2c1nc(=O)[nH]c2ccc(F)c(F)c12. The summed E-state index contributed by atoms with van der Waals surface area (Å²) in [6.07, 6.45) is 4.61. The summed E-state index contributed by atoms with van der Waals surface area (Å²) in [6.45, 7) is 3.90. The summed E-state index contributed by atoms with van der Waals surface area (Å²) in [7, 11) is 0. The second kappa shape index (κ2) is 7.23. The minimum Gasteiger partial charge on any atom is -0.324 e. The van der Waals surface area contributed by atoms with Gasteiger partial charge in [-0.2, -0.15) is 10.2 Å². The second-order valence-electron chi connectivity index (χ2n) is 7.58. The van der Waals surface area contributed by atoms with E-state index < -0.39 is 22.7 Å². The molecule has 1 N–H and O–H groups in total. The lowest BCUT2D eigenvalue weighted by atomic mass is 9.94. The Morgan fingerprint density at radius 3 is 2.83 bits per heavy atom. The summed E-state index contributed by atoms with van der Waals surface area (Å²) in [5.74, 6) is 3.90. The quantitative estimate of drug-likeness (QED) is 0.626. The van der Waals surface area contributed by atoms with Gasteiger partial charge in [0.2, 0.25) is 0 Å². The Morgan fingerprint density at radius 2 is 2.07 bits per heavy atom. The third kappa shape index (κ3) is 3.37. The zero-order valence-corrected chi connectivity index (χ0v) is 16.4. The van der Waals surface area contributed by atoms with E-state index in [1.807, 2.05) is 0 Å². The Morgan fingerprint density at radius 1 is 1.27 bits per heavy atom. The summed E-state index contributed by atoms with van der Waals surface area (Å²) < 4.78 is 28.6. The molecule has 1 aliphatic heterocycles. The van der Waals surface area contributed by atoms with E-state index in [9.17, 15) is 18.8 Å². The maximum absolute atomic E-state index is 14.7. The molecule has 8 heteroatoms. The van der Waals surface area contributed by atoms with Crippen LogP contribution in [0.5, 0.6) is 0 Å². The molecule has 0 radical (unpaired) electrons. The molecule has 1 aliphatic rings. The largest absolute Gasteiger partial charge is 0.347 e. The van der Waals surface area contributed by atoms with Gasteiger partial charge in [-0.25, -0.2) is 13.6 Å². The summed E-state index contributed by atoms with van der Waals surface area (Å²) in [5.41, 5.74) is 0.838. The van der Waals surface area contributed by atoms with Crippen molar-refractivity contribution in [3.63, 3.8) is 0 Å². The molecule has 0 amide bonds. The highest BCUT2D eigenvalue weighted by molar-refractivity contribution is 5.92. The molecular weight excluding hydrogens is 388 g/mol. The summed E-state index contributed by atoms with van der Waals surface area (Å²) in [5, 5.41) is 9.10. The number of anilines is 2. The second-order valence-corrected chi connectivity index (χ2v) is 7.58. The number of hydrogen-bond acceptors (Lipinski definition) is 5. The third-order valence-corrected chi connectivity index (χ3v) is 4.95. The van der Waals surface area contributed by atoms with Gasteiger partial charge in [0.1, 0.15) is 5.41 Å². The van der Waals surface area contributed by atoms with E-state index in [1.165, 1.54) is 6.07 Å². The summed E-state index contributed by atoms with van der Waals surface area (Å²) >= 11 is 0. The van der Waals surface area contributed by atoms with E-state index in [4.69, 9.17) is 0 Å². The van der Waals surface area contributed by atoms with E-state index in [-0.39, 0.29) is 16.7 Å². The Hall–Kier alpha value is -3.78. The summed E-state index contributed by atoms with van der Waals surface area (Å²) in [4.78, 5) is 24.4. The molecule has 0 spiro atoms. The Kier molecular flexibility index (Phi) is 4.71. The smallest absolute Gasteiger partial charge is 0.324 e. The molecule has 1 aromatic carbocycles. The molecular formula is C22H17F2N5O. The monoisotopic (exact) mass is 405 g/mol. The number of benzene rings is 1. The van der Waals surface area contributed by atoms with E-state index >= 15 is 0 Å². The lowest BCUT2D eigenvalue weighted by Gasteiger charge is -2.31. The van der Waals surface area contributed by atoms with Gasteiger partial charge in [0, 0.05) is 18.3 Å². The number of aromatic nitrogens is 3. The molecule has 0 bridgehead atoms. The highest BCUT2D eigenvalue weighted by Gasteiger charge is 2.26. The minimum atomic E-state index is -1.07. The van der Waals surface area contributed by atoms with Gasteiger partial charge in [0.25, 0.3) is 0 Å². The standard InChI is InChI=1S/C22H17F2N5O/c1-22(2,12-25)8-7-13-10-26-11-17-14(13)4-3-9-29(17)20-18-16(27-21(30)28-20)6-5-15(23)19(18)24/h5-6,10-11H,3-4,9H2,1-2H3,(H,27,28,30). The van der Waals surface area contributed by atoms with Crippen LogP contribution in [-0.2, 0) is 6.42 Å². The molecule has 0 fully saturated rings. The maximum Gasteiger partial charge on any atom is 0.347 e. The van der Waals surface area contributed by atoms with Crippen LogP contribution < -0.4 is 10.6 Å². The number of pyridine rings is 1. The van der Waals surface area contributed by atoms with Crippen molar-refractivity contribution < 1.29 is 8.78 Å². The van der Waals surface area contributed by atoms with Gasteiger partial charge in [-0.15, -0.1) is 0 Å². The number of fused-ring (bicyclic) bond motifs is 2. The van der Waals surface area contributed by atoms with Crippen LogP contribution in [0.15, 0.2) is 29.3 Å². The lowest BCUT2D eigenvalue weighted by molar-refractivity contribution is 0.516. The number of nitrogens with one attached hydrogen (secondary N) is 1. The molecule has 4 rings (SSSR count). The zero-order chi connectivity index (χ0) is 21.5. The molecule has 6 nitrogen and oxygen atoms in total. The summed E-state index contributed by atoms with van der Waals surface area (Å²) in [6, 6.07) is 4.42. The number of rotatable bonds is 1. The van der Waals surface area contributed by atoms with Gasteiger partial charge in [0.05, 0.1) is 28.9 Å². The van der Waals surface area contributed by atoms with E-state index in [1.54, 1.807) is 31.1 Å². The van der Waals surface area contributed by atoms with Gasteiger partial charge < -0.3 is 9.88 Å². The maximum atomic E-state index is 14.7. The number of aromatic amines is 1. The van der Waals surface area contributed by atoms with Crippen LogP contribution in [0, 0.1) is 40.2 Å². The predicted molar refractivity (Wildman–Crippen MR) is 108 cm³/mol. The average Bonchev–Trinajstić information content (AvgIpc) is 2.74. The first kappa shape index (κ1) is 19.5. The van der Waals surface area contributed by atoms with Crippen LogP contribution in [0.25, 0.3) is 10.9 Å². The number of nitrogens with zero attached hydrogens (tertiary/aromatic N) is 4. The highest BCUT2D eigenvalue weighted by atomic mass is 19.2. The third-order valence-electron chi connectivity index (χ3n) is 4.95. The van der Waals surface area contributed by atoms with Crippen LogP contribution in [0.3, 0.4) is 0 Å². The van der Waals surface area contributed by atoms with Crippen LogP contribution in [0.2, 0.25) is 0 Å². The molecule has 0 saturated carbocycles. The first-order valence-electron chi connectivity index (χ1n) is 9.37. The molecule has 3 heterocycles. The first-order chi connectivity index (χ1) is 14.3. The lowest BCUT2D eigenvalue weighted by Crippen LogP contribution is -2.29. The van der Waals surface area contributed by atoms with Crippen LogP contribution in [0.1, 0.15) is 31.4 Å². The van der Waals surface area contributed by atoms with Crippen molar-refractivity contribution in [3.8, 4) is 17.9 Å². The molecule has 0 atom stereocenters. The topological polar surface area (TPSA) is 85.7 Å².